The highest BCUT2D eigenvalue weighted by molar-refractivity contribution is 9.10. The van der Waals surface area contributed by atoms with Gasteiger partial charge >= 0.3 is 0 Å². The van der Waals surface area contributed by atoms with Crippen molar-refractivity contribution in [3.8, 4) is 0 Å². The summed E-state index contributed by atoms with van der Waals surface area (Å²) in [5.41, 5.74) is 0.650. The summed E-state index contributed by atoms with van der Waals surface area (Å²) >= 11 is 3.35. The van der Waals surface area contributed by atoms with E-state index >= 15 is 0 Å². The third-order valence-corrected chi connectivity index (χ3v) is 3.80. The van der Waals surface area contributed by atoms with Crippen molar-refractivity contribution >= 4 is 21.8 Å². The Labute approximate surface area is 124 Å². The number of hydrogen-bond acceptors (Lipinski definition) is 2. The average Bonchev–Trinajstić information content (AvgIpc) is 2.85. The largest absolute Gasteiger partial charge is 0.356 e. The molecule has 5 heteroatoms. The topological polar surface area (TPSA) is 39.3 Å². The third kappa shape index (κ3) is 4.99. The van der Waals surface area contributed by atoms with Crippen molar-refractivity contribution < 1.29 is 4.79 Å². The van der Waals surface area contributed by atoms with Gasteiger partial charge in [-0.3, -0.25) is 4.79 Å². The summed E-state index contributed by atoms with van der Waals surface area (Å²) in [7, 11) is 0. The number of aromatic nitrogens is 1. The quantitative estimate of drug-likeness (QED) is 0.796. The van der Waals surface area contributed by atoms with Crippen LogP contribution in [0.3, 0.4) is 0 Å². The van der Waals surface area contributed by atoms with Crippen LogP contribution in [0.4, 0.5) is 0 Å². The van der Waals surface area contributed by atoms with Gasteiger partial charge in [-0.15, -0.1) is 0 Å². The molecule has 0 unspecified atom stereocenters. The highest BCUT2D eigenvalue weighted by Gasteiger charge is 2.15. The molecule has 0 aliphatic heterocycles. The van der Waals surface area contributed by atoms with Gasteiger partial charge in [0.2, 0.25) is 0 Å². The molecule has 1 heterocycles. The van der Waals surface area contributed by atoms with Gasteiger partial charge in [0.1, 0.15) is 5.69 Å². The normalized spacial score (nSPS) is 11.0. The van der Waals surface area contributed by atoms with E-state index in [1.165, 1.54) is 0 Å². The molecule has 0 saturated heterocycles. The molecule has 0 bridgehead atoms. The maximum Gasteiger partial charge on any atom is 0.270 e. The Hall–Kier alpha value is -0.810. The second-order valence-corrected chi connectivity index (χ2v) is 5.41. The molecule has 0 aromatic carbocycles. The van der Waals surface area contributed by atoms with Gasteiger partial charge in [-0.25, -0.2) is 0 Å². The van der Waals surface area contributed by atoms with E-state index in [1.807, 2.05) is 17.9 Å². The van der Waals surface area contributed by atoms with Crippen LogP contribution in [-0.2, 0) is 0 Å². The number of rotatable bonds is 8. The molecule has 0 atom stereocenters. The number of nitrogens with one attached hydrogen (secondary N) is 1. The Kier molecular flexibility index (Phi) is 7.16. The maximum absolute atomic E-state index is 12.3. The van der Waals surface area contributed by atoms with Crippen molar-refractivity contribution in [3.05, 3.63) is 22.4 Å². The fourth-order valence-electron chi connectivity index (χ4n) is 2.09. The first-order valence-electron chi connectivity index (χ1n) is 6.97. The molecular weight excluding hydrogens is 306 g/mol. The molecule has 1 rings (SSSR count). The number of halogens is 1. The standard InChI is InChI=1S/C14H24BrN3O/c1-4-17(5-2)8-7-9-18(6-3)14(19)13-10-12(15)11-16-13/h10-11,16H,4-9H2,1-3H3. The van der Waals surface area contributed by atoms with E-state index in [0.717, 1.165) is 43.6 Å². The Morgan fingerprint density at radius 1 is 1.21 bits per heavy atom. The fraction of sp³-hybridized carbons (Fsp3) is 0.643. The minimum atomic E-state index is 0.0766. The van der Waals surface area contributed by atoms with E-state index in [9.17, 15) is 4.79 Å². The van der Waals surface area contributed by atoms with Crippen LogP contribution in [-0.4, -0.2) is 53.4 Å². The predicted octanol–water partition coefficient (Wildman–Crippen LogP) is 2.97. The number of amides is 1. The minimum absolute atomic E-state index is 0.0766. The molecule has 0 fully saturated rings. The lowest BCUT2D eigenvalue weighted by Gasteiger charge is -2.23. The molecule has 4 nitrogen and oxygen atoms in total. The van der Waals surface area contributed by atoms with Gasteiger partial charge in [-0.2, -0.15) is 0 Å². The van der Waals surface area contributed by atoms with Crippen LogP contribution in [0.1, 0.15) is 37.7 Å². The molecule has 19 heavy (non-hydrogen) atoms. The van der Waals surface area contributed by atoms with Crippen LogP contribution < -0.4 is 0 Å². The zero-order valence-corrected chi connectivity index (χ0v) is 13.7. The first-order valence-corrected chi connectivity index (χ1v) is 7.77. The lowest BCUT2D eigenvalue weighted by atomic mass is 10.3. The van der Waals surface area contributed by atoms with E-state index in [0.29, 0.717) is 5.69 Å². The number of H-pyrrole nitrogens is 1. The van der Waals surface area contributed by atoms with Gasteiger partial charge < -0.3 is 14.8 Å². The van der Waals surface area contributed by atoms with Crippen molar-refractivity contribution in [1.82, 2.24) is 14.8 Å². The molecule has 0 aliphatic carbocycles. The first kappa shape index (κ1) is 16.2. The third-order valence-electron chi connectivity index (χ3n) is 3.34. The molecule has 0 spiro atoms. The molecular formula is C14H24BrN3O. The van der Waals surface area contributed by atoms with E-state index in [-0.39, 0.29) is 5.91 Å². The number of carbonyl (C=O) groups is 1. The van der Waals surface area contributed by atoms with Crippen LogP contribution in [0.5, 0.6) is 0 Å². The van der Waals surface area contributed by atoms with Crippen molar-refractivity contribution in [2.75, 3.05) is 32.7 Å². The summed E-state index contributed by atoms with van der Waals surface area (Å²) in [5, 5.41) is 0. The monoisotopic (exact) mass is 329 g/mol. The van der Waals surface area contributed by atoms with Gasteiger partial charge in [0.25, 0.3) is 5.91 Å². The number of aromatic amines is 1. The maximum atomic E-state index is 12.3. The minimum Gasteiger partial charge on any atom is -0.356 e. The van der Waals surface area contributed by atoms with Gasteiger partial charge in [-0.05, 0) is 55.0 Å². The van der Waals surface area contributed by atoms with Crippen molar-refractivity contribution in [1.29, 1.82) is 0 Å². The summed E-state index contributed by atoms with van der Waals surface area (Å²) in [6.07, 6.45) is 2.81. The molecule has 1 aromatic rings. The number of carbonyl (C=O) groups excluding carboxylic acids is 1. The number of nitrogens with zero attached hydrogens (tertiary/aromatic N) is 2. The average molecular weight is 330 g/mol. The Morgan fingerprint density at radius 2 is 1.89 bits per heavy atom. The van der Waals surface area contributed by atoms with Gasteiger partial charge in [0.05, 0.1) is 0 Å². The highest BCUT2D eigenvalue weighted by atomic mass is 79.9. The summed E-state index contributed by atoms with van der Waals surface area (Å²) in [5.74, 6) is 0.0766. The smallest absolute Gasteiger partial charge is 0.270 e. The van der Waals surface area contributed by atoms with Gasteiger partial charge in [0, 0.05) is 23.8 Å². The van der Waals surface area contributed by atoms with Gasteiger partial charge in [-0.1, -0.05) is 13.8 Å². The SMILES string of the molecule is CCN(CC)CCCN(CC)C(=O)c1cc(Br)c[nH]1. The van der Waals surface area contributed by atoms with Crippen LogP contribution in [0.15, 0.2) is 16.7 Å². The van der Waals surface area contributed by atoms with Crippen LogP contribution in [0, 0.1) is 0 Å². The van der Waals surface area contributed by atoms with Crippen LogP contribution in [0.25, 0.3) is 0 Å². The zero-order valence-electron chi connectivity index (χ0n) is 12.1. The molecule has 108 valence electrons. The Bertz CT molecular complexity index is 388. The molecule has 1 aromatic heterocycles. The first-order chi connectivity index (χ1) is 9.12. The zero-order chi connectivity index (χ0) is 14.3. The second kappa shape index (κ2) is 8.38. The lowest BCUT2D eigenvalue weighted by molar-refractivity contribution is 0.0752. The Morgan fingerprint density at radius 3 is 2.37 bits per heavy atom. The molecule has 1 amide bonds. The van der Waals surface area contributed by atoms with Crippen molar-refractivity contribution in [3.63, 3.8) is 0 Å². The Balaban J connectivity index is 2.47. The van der Waals surface area contributed by atoms with E-state index < -0.39 is 0 Å². The van der Waals surface area contributed by atoms with E-state index in [4.69, 9.17) is 0 Å². The van der Waals surface area contributed by atoms with Crippen molar-refractivity contribution in [2.24, 2.45) is 0 Å². The van der Waals surface area contributed by atoms with E-state index in [2.05, 4.69) is 39.7 Å². The number of hydrogen-bond donors (Lipinski definition) is 1. The second-order valence-electron chi connectivity index (χ2n) is 4.50. The van der Waals surface area contributed by atoms with Crippen LogP contribution >= 0.6 is 15.9 Å². The summed E-state index contributed by atoms with van der Waals surface area (Å²) in [6, 6.07) is 1.83. The van der Waals surface area contributed by atoms with Gasteiger partial charge in [0.15, 0.2) is 0 Å². The lowest BCUT2D eigenvalue weighted by Crippen LogP contribution is -2.34. The summed E-state index contributed by atoms with van der Waals surface area (Å²) in [4.78, 5) is 19.5. The van der Waals surface area contributed by atoms with Crippen LogP contribution in [0.2, 0.25) is 0 Å². The fourth-order valence-corrected chi connectivity index (χ4v) is 2.43. The van der Waals surface area contributed by atoms with E-state index in [1.54, 1.807) is 6.20 Å². The molecule has 0 aliphatic rings. The molecule has 0 saturated carbocycles. The molecule has 1 N–H and O–H groups in total. The summed E-state index contributed by atoms with van der Waals surface area (Å²) < 4.78 is 0.912. The predicted molar refractivity (Wildman–Crippen MR) is 82.5 cm³/mol. The summed E-state index contributed by atoms with van der Waals surface area (Å²) in [6.45, 7) is 11.1. The highest BCUT2D eigenvalue weighted by Crippen LogP contribution is 2.12. The van der Waals surface area contributed by atoms with Crippen molar-refractivity contribution in [2.45, 2.75) is 27.2 Å². The molecule has 0 radical (unpaired) electrons.